The first kappa shape index (κ1) is 16.9. The van der Waals surface area contributed by atoms with Gasteiger partial charge in [0.15, 0.2) is 0 Å². The van der Waals surface area contributed by atoms with Gasteiger partial charge in [0, 0.05) is 61.4 Å². The highest BCUT2D eigenvalue weighted by atomic mass is 127. The van der Waals surface area contributed by atoms with Gasteiger partial charge in [0.25, 0.3) is 0 Å². The summed E-state index contributed by atoms with van der Waals surface area (Å²) >= 11 is 2.50. The summed E-state index contributed by atoms with van der Waals surface area (Å²) in [7, 11) is 0. The average molecular weight is 421 g/mol. The lowest BCUT2D eigenvalue weighted by atomic mass is 9.92. The van der Waals surface area contributed by atoms with Gasteiger partial charge in [-0.25, -0.2) is 3.11 Å². The van der Waals surface area contributed by atoms with Gasteiger partial charge in [-0.05, 0) is 34.7 Å². The molecular formula is C19H24IN3. The normalized spacial score (nSPS) is 20.1. The molecule has 0 spiro atoms. The van der Waals surface area contributed by atoms with Crippen LogP contribution in [0.3, 0.4) is 0 Å². The van der Waals surface area contributed by atoms with E-state index in [1.54, 1.807) is 0 Å². The van der Waals surface area contributed by atoms with Gasteiger partial charge in [0.05, 0.1) is 6.04 Å². The second-order valence-corrected chi connectivity index (χ2v) is 7.75. The Hall–Kier alpha value is -0.980. The Bertz CT molecular complexity index is 630. The maximum absolute atomic E-state index is 4.12. The zero-order chi connectivity index (χ0) is 16.2. The minimum absolute atomic E-state index is 0.463. The average Bonchev–Trinajstić information content (AvgIpc) is 2.57. The van der Waals surface area contributed by atoms with E-state index in [2.05, 4.69) is 86.1 Å². The van der Waals surface area contributed by atoms with Crippen LogP contribution < -0.4 is 0 Å². The van der Waals surface area contributed by atoms with E-state index in [-0.39, 0.29) is 0 Å². The van der Waals surface area contributed by atoms with E-state index in [1.165, 1.54) is 16.7 Å². The highest BCUT2D eigenvalue weighted by Crippen LogP contribution is 2.33. The summed E-state index contributed by atoms with van der Waals surface area (Å²) in [5, 5.41) is 0. The lowest BCUT2D eigenvalue weighted by Crippen LogP contribution is -2.44. The van der Waals surface area contributed by atoms with Gasteiger partial charge in [-0.2, -0.15) is 0 Å². The molecule has 1 unspecified atom stereocenters. The largest absolute Gasteiger partial charge is 0.296 e. The van der Waals surface area contributed by atoms with Gasteiger partial charge in [0.2, 0.25) is 0 Å². The number of pyridine rings is 1. The van der Waals surface area contributed by atoms with Crippen molar-refractivity contribution in [2.45, 2.75) is 32.4 Å². The van der Waals surface area contributed by atoms with Crippen LogP contribution in [0.1, 0.15) is 42.5 Å². The molecule has 4 heteroatoms. The van der Waals surface area contributed by atoms with Crippen LogP contribution in [-0.4, -0.2) is 32.6 Å². The Kier molecular flexibility index (Phi) is 5.67. The first-order valence-corrected chi connectivity index (χ1v) is 9.24. The fraction of sp³-hybridized carbons (Fsp3) is 0.421. The third-order valence-electron chi connectivity index (χ3n) is 4.53. The van der Waals surface area contributed by atoms with Gasteiger partial charge in [-0.15, -0.1) is 0 Å². The first-order chi connectivity index (χ1) is 11.1. The van der Waals surface area contributed by atoms with Gasteiger partial charge in [-0.1, -0.05) is 38.1 Å². The molecule has 1 aromatic heterocycles. The molecule has 122 valence electrons. The second-order valence-electron chi connectivity index (χ2n) is 6.51. The lowest BCUT2D eigenvalue weighted by molar-refractivity contribution is 0.148. The van der Waals surface area contributed by atoms with Crippen molar-refractivity contribution in [1.82, 2.24) is 13.0 Å². The molecule has 1 aromatic carbocycles. The summed E-state index contributed by atoms with van der Waals surface area (Å²) in [5.74, 6) is 0.562. The third kappa shape index (κ3) is 4.11. The Balaban J connectivity index is 1.79. The van der Waals surface area contributed by atoms with E-state index >= 15 is 0 Å². The van der Waals surface area contributed by atoms with E-state index in [1.807, 2.05) is 12.4 Å². The smallest absolute Gasteiger partial charge is 0.0574 e. The first-order valence-electron chi connectivity index (χ1n) is 8.27. The fourth-order valence-corrected chi connectivity index (χ4v) is 3.99. The van der Waals surface area contributed by atoms with E-state index in [0.717, 1.165) is 26.2 Å². The molecule has 1 aliphatic heterocycles. The molecule has 3 rings (SSSR count). The summed E-state index contributed by atoms with van der Waals surface area (Å²) in [6.45, 7) is 8.87. The molecule has 3 nitrogen and oxygen atoms in total. The summed E-state index contributed by atoms with van der Waals surface area (Å²) in [6, 6.07) is 13.6. The van der Waals surface area contributed by atoms with Crippen LogP contribution in [0.5, 0.6) is 0 Å². The molecule has 0 radical (unpaired) electrons. The van der Waals surface area contributed by atoms with Crippen LogP contribution in [0.2, 0.25) is 0 Å². The molecule has 0 N–H and O–H groups in total. The van der Waals surface area contributed by atoms with Crippen LogP contribution in [0.15, 0.2) is 48.8 Å². The molecule has 1 saturated heterocycles. The fourth-order valence-electron chi connectivity index (χ4n) is 3.30. The van der Waals surface area contributed by atoms with Crippen molar-refractivity contribution in [2.75, 3.05) is 19.6 Å². The number of halogens is 1. The van der Waals surface area contributed by atoms with Crippen LogP contribution in [-0.2, 0) is 6.54 Å². The molecule has 0 amide bonds. The maximum Gasteiger partial charge on any atom is 0.0574 e. The monoisotopic (exact) mass is 421 g/mol. The lowest BCUT2D eigenvalue weighted by Gasteiger charge is -2.39. The topological polar surface area (TPSA) is 19.4 Å². The summed E-state index contributed by atoms with van der Waals surface area (Å²) < 4.78 is 2.47. The third-order valence-corrected chi connectivity index (χ3v) is 5.69. The van der Waals surface area contributed by atoms with E-state index in [4.69, 9.17) is 0 Å². The van der Waals surface area contributed by atoms with Gasteiger partial charge in [-0.3, -0.25) is 9.88 Å². The minimum atomic E-state index is 0.463. The number of piperazine rings is 1. The quantitative estimate of drug-likeness (QED) is 0.539. The molecule has 23 heavy (non-hydrogen) atoms. The summed E-state index contributed by atoms with van der Waals surface area (Å²) in [6.07, 6.45) is 3.77. The Morgan fingerprint density at radius 2 is 1.87 bits per heavy atom. The van der Waals surface area contributed by atoms with Crippen LogP contribution in [0.4, 0.5) is 0 Å². The van der Waals surface area contributed by atoms with Crippen LogP contribution in [0, 0.1) is 0 Å². The molecule has 0 bridgehead atoms. The van der Waals surface area contributed by atoms with Gasteiger partial charge >= 0.3 is 0 Å². The van der Waals surface area contributed by atoms with Crippen molar-refractivity contribution in [1.29, 1.82) is 0 Å². The maximum atomic E-state index is 4.12. The standard InChI is InChI=1S/C19H24IN3/c1-15(2)17-5-3-4-6-18(17)19-14-22(11-12-23(19)20)13-16-7-9-21-10-8-16/h3-10,15,19H,11-14H2,1-2H3. The Labute approximate surface area is 153 Å². The van der Waals surface area contributed by atoms with E-state index in [0.29, 0.717) is 12.0 Å². The number of rotatable bonds is 4. The van der Waals surface area contributed by atoms with Crippen molar-refractivity contribution < 1.29 is 0 Å². The zero-order valence-corrected chi connectivity index (χ0v) is 16.0. The minimum Gasteiger partial charge on any atom is -0.296 e. The number of benzene rings is 1. The highest BCUT2D eigenvalue weighted by Gasteiger charge is 2.28. The number of hydrogen-bond acceptors (Lipinski definition) is 3. The summed E-state index contributed by atoms with van der Waals surface area (Å²) in [5.41, 5.74) is 4.30. The van der Waals surface area contributed by atoms with E-state index in [9.17, 15) is 0 Å². The van der Waals surface area contributed by atoms with Crippen molar-refractivity contribution in [3.63, 3.8) is 0 Å². The zero-order valence-electron chi connectivity index (χ0n) is 13.8. The number of nitrogens with zero attached hydrogens (tertiary/aromatic N) is 3. The molecule has 2 aromatic rings. The molecule has 0 saturated carbocycles. The van der Waals surface area contributed by atoms with Crippen molar-refractivity contribution in [3.05, 3.63) is 65.5 Å². The Morgan fingerprint density at radius 3 is 2.61 bits per heavy atom. The predicted octanol–water partition coefficient (Wildman–Crippen LogP) is 4.41. The Morgan fingerprint density at radius 1 is 1.13 bits per heavy atom. The molecule has 1 aliphatic rings. The molecule has 0 aliphatic carbocycles. The SMILES string of the molecule is CC(C)c1ccccc1C1CN(Cc2ccncc2)CCN1I. The van der Waals surface area contributed by atoms with Crippen molar-refractivity contribution >= 4 is 22.9 Å². The summed E-state index contributed by atoms with van der Waals surface area (Å²) in [4.78, 5) is 6.68. The highest BCUT2D eigenvalue weighted by molar-refractivity contribution is 14.1. The van der Waals surface area contributed by atoms with E-state index < -0.39 is 0 Å². The number of aromatic nitrogens is 1. The number of hydrogen-bond donors (Lipinski definition) is 0. The molecular weight excluding hydrogens is 397 g/mol. The molecule has 1 fully saturated rings. The van der Waals surface area contributed by atoms with Crippen molar-refractivity contribution in [3.8, 4) is 0 Å². The molecule has 2 heterocycles. The van der Waals surface area contributed by atoms with Gasteiger partial charge < -0.3 is 0 Å². The van der Waals surface area contributed by atoms with Crippen LogP contribution >= 0.6 is 22.9 Å². The van der Waals surface area contributed by atoms with Crippen LogP contribution in [0.25, 0.3) is 0 Å². The van der Waals surface area contributed by atoms with Crippen molar-refractivity contribution in [2.24, 2.45) is 0 Å². The molecule has 1 atom stereocenters. The van der Waals surface area contributed by atoms with Gasteiger partial charge in [0.1, 0.15) is 0 Å². The second kappa shape index (κ2) is 7.73. The predicted molar refractivity (Wildman–Crippen MR) is 104 cm³/mol.